The largest absolute Gasteiger partial charge is 0.316 e. The molecule has 20 heavy (non-hydrogen) atoms. The van der Waals surface area contributed by atoms with E-state index in [0.717, 1.165) is 25.1 Å². The summed E-state index contributed by atoms with van der Waals surface area (Å²) < 4.78 is 0. The lowest BCUT2D eigenvalue weighted by Gasteiger charge is -2.34. The van der Waals surface area contributed by atoms with Crippen molar-refractivity contribution in [3.8, 4) is 0 Å². The summed E-state index contributed by atoms with van der Waals surface area (Å²) in [5, 5.41) is 5.81. The van der Waals surface area contributed by atoms with Gasteiger partial charge in [0.2, 0.25) is 11.8 Å². The standard InChI is InChI=1S/C15H18N2O2.BrH/c18-13-8-12(11-6-7-16-9-11)14(15(19)17-13)10-4-2-1-3-5-10;/h1-5,11-12,14,16H,6-9H2,(H,17,18,19);1H. The Kier molecular flexibility index (Phi) is 4.94. The molecule has 2 N–H and O–H groups in total. The summed E-state index contributed by atoms with van der Waals surface area (Å²) in [6.07, 6.45) is 1.51. The van der Waals surface area contributed by atoms with E-state index < -0.39 is 0 Å². The van der Waals surface area contributed by atoms with Gasteiger partial charge in [-0.05, 0) is 36.9 Å². The van der Waals surface area contributed by atoms with E-state index in [-0.39, 0.29) is 40.6 Å². The van der Waals surface area contributed by atoms with Crippen molar-refractivity contribution in [1.29, 1.82) is 0 Å². The molecule has 0 saturated carbocycles. The summed E-state index contributed by atoms with van der Waals surface area (Å²) in [4.78, 5) is 23.9. The van der Waals surface area contributed by atoms with Crippen LogP contribution in [0, 0.1) is 11.8 Å². The topological polar surface area (TPSA) is 58.2 Å². The lowest BCUT2D eigenvalue weighted by atomic mass is 9.73. The van der Waals surface area contributed by atoms with Gasteiger partial charge in [-0.1, -0.05) is 30.3 Å². The zero-order valence-corrected chi connectivity index (χ0v) is 12.9. The van der Waals surface area contributed by atoms with Gasteiger partial charge in [-0.2, -0.15) is 0 Å². The van der Waals surface area contributed by atoms with Crippen LogP contribution in [0.2, 0.25) is 0 Å². The van der Waals surface area contributed by atoms with Crippen LogP contribution in [0.15, 0.2) is 30.3 Å². The zero-order valence-electron chi connectivity index (χ0n) is 11.2. The summed E-state index contributed by atoms with van der Waals surface area (Å²) in [7, 11) is 0. The van der Waals surface area contributed by atoms with Crippen molar-refractivity contribution >= 4 is 28.8 Å². The summed E-state index contributed by atoms with van der Waals surface area (Å²) in [5.74, 6) is 0.0797. The number of halogens is 1. The quantitative estimate of drug-likeness (QED) is 0.805. The molecule has 0 aromatic heterocycles. The van der Waals surface area contributed by atoms with E-state index in [1.807, 2.05) is 30.3 Å². The lowest BCUT2D eigenvalue weighted by molar-refractivity contribution is -0.137. The van der Waals surface area contributed by atoms with Crippen molar-refractivity contribution in [3.05, 3.63) is 35.9 Å². The van der Waals surface area contributed by atoms with Crippen LogP contribution in [0.3, 0.4) is 0 Å². The van der Waals surface area contributed by atoms with Crippen molar-refractivity contribution < 1.29 is 9.59 Å². The second-order valence-corrected chi connectivity index (χ2v) is 5.42. The van der Waals surface area contributed by atoms with Gasteiger partial charge in [-0.25, -0.2) is 0 Å². The number of hydrogen-bond acceptors (Lipinski definition) is 3. The van der Waals surface area contributed by atoms with Crippen LogP contribution in [0.25, 0.3) is 0 Å². The molecule has 0 radical (unpaired) electrons. The summed E-state index contributed by atoms with van der Waals surface area (Å²) in [6.45, 7) is 1.90. The van der Waals surface area contributed by atoms with Gasteiger partial charge in [0.15, 0.2) is 0 Å². The molecule has 4 nitrogen and oxygen atoms in total. The smallest absolute Gasteiger partial charge is 0.234 e. The molecule has 1 aromatic rings. The predicted molar refractivity (Wildman–Crippen MR) is 81.7 cm³/mol. The Labute approximate surface area is 129 Å². The number of benzene rings is 1. The molecule has 0 spiro atoms. The van der Waals surface area contributed by atoms with E-state index in [2.05, 4.69) is 10.6 Å². The molecular weight excluding hydrogens is 320 g/mol. The number of amides is 2. The summed E-state index contributed by atoms with van der Waals surface area (Å²) in [5.41, 5.74) is 1.02. The second kappa shape index (κ2) is 6.50. The Balaban J connectivity index is 0.00000147. The van der Waals surface area contributed by atoms with Crippen LogP contribution in [0.4, 0.5) is 0 Å². The Morgan fingerprint density at radius 3 is 2.50 bits per heavy atom. The first-order chi connectivity index (χ1) is 9.25. The predicted octanol–water partition coefficient (Wildman–Crippen LogP) is 1.62. The van der Waals surface area contributed by atoms with Gasteiger partial charge in [0.05, 0.1) is 5.92 Å². The normalized spacial score (nSPS) is 29.7. The highest BCUT2D eigenvalue weighted by Gasteiger charge is 2.41. The van der Waals surface area contributed by atoms with Crippen LogP contribution >= 0.6 is 17.0 Å². The van der Waals surface area contributed by atoms with Crippen LogP contribution in [-0.2, 0) is 9.59 Å². The number of nitrogens with one attached hydrogen (secondary N) is 2. The van der Waals surface area contributed by atoms with Gasteiger partial charge in [0.1, 0.15) is 0 Å². The van der Waals surface area contributed by atoms with E-state index in [1.165, 1.54) is 0 Å². The maximum absolute atomic E-state index is 12.2. The highest BCUT2D eigenvalue weighted by molar-refractivity contribution is 8.93. The Morgan fingerprint density at radius 2 is 1.85 bits per heavy atom. The van der Waals surface area contributed by atoms with Crippen molar-refractivity contribution in [3.63, 3.8) is 0 Å². The minimum Gasteiger partial charge on any atom is -0.316 e. The van der Waals surface area contributed by atoms with Crippen LogP contribution in [0.1, 0.15) is 24.3 Å². The van der Waals surface area contributed by atoms with Crippen molar-refractivity contribution in [2.45, 2.75) is 18.8 Å². The monoisotopic (exact) mass is 338 g/mol. The number of piperidine rings is 1. The highest BCUT2D eigenvalue weighted by atomic mass is 79.9. The lowest BCUT2D eigenvalue weighted by Crippen LogP contribution is -2.46. The average molecular weight is 339 g/mol. The molecule has 2 fully saturated rings. The van der Waals surface area contributed by atoms with E-state index in [9.17, 15) is 9.59 Å². The first-order valence-corrected chi connectivity index (χ1v) is 6.85. The maximum Gasteiger partial charge on any atom is 0.234 e. The van der Waals surface area contributed by atoms with Gasteiger partial charge in [0, 0.05) is 6.42 Å². The SMILES string of the molecule is Br.O=C1CC(C2CCNC2)C(c2ccccc2)C(=O)N1. The molecule has 2 heterocycles. The highest BCUT2D eigenvalue weighted by Crippen LogP contribution is 2.38. The number of carbonyl (C=O) groups is 2. The summed E-state index contributed by atoms with van der Waals surface area (Å²) >= 11 is 0. The fourth-order valence-electron chi connectivity index (χ4n) is 3.33. The van der Waals surface area contributed by atoms with Crippen LogP contribution in [-0.4, -0.2) is 24.9 Å². The van der Waals surface area contributed by atoms with Gasteiger partial charge < -0.3 is 5.32 Å². The van der Waals surface area contributed by atoms with E-state index >= 15 is 0 Å². The maximum atomic E-state index is 12.2. The van der Waals surface area contributed by atoms with Crippen molar-refractivity contribution in [1.82, 2.24) is 10.6 Å². The van der Waals surface area contributed by atoms with E-state index in [0.29, 0.717) is 12.3 Å². The van der Waals surface area contributed by atoms with Gasteiger partial charge in [-0.3, -0.25) is 14.9 Å². The molecule has 5 heteroatoms. The summed E-state index contributed by atoms with van der Waals surface area (Å²) in [6, 6.07) is 9.80. The third-order valence-electron chi connectivity index (χ3n) is 4.26. The molecule has 2 aliphatic rings. The number of imide groups is 1. The molecule has 1 aromatic carbocycles. The molecule has 3 unspecified atom stereocenters. The zero-order chi connectivity index (χ0) is 13.2. The van der Waals surface area contributed by atoms with Crippen molar-refractivity contribution in [2.75, 3.05) is 13.1 Å². The van der Waals surface area contributed by atoms with Gasteiger partial charge >= 0.3 is 0 Å². The molecule has 3 atom stereocenters. The van der Waals surface area contributed by atoms with Crippen molar-refractivity contribution in [2.24, 2.45) is 11.8 Å². The second-order valence-electron chi connectivity index (χ2n) is 5.42. The average Bonchev–Trinajstić information content (AvgIpc) is 2.92. The van der Waals surface area contributed by atoms with Crippen LogP contribution in [0.5, 0.6) is 0 Å². The fraction of sp³-hybridized carbons (Fsp3) is 0.467. The molecule has 2 saturated heterocycles. The Morgan fingerprint density at radius 1 is 1.10 bits per heavy atom. The minimum absolute atomic E-state index is 0. The van der Waals surface area contributed by atoms with Gasteiger partial charge in [-0.15, -0.1) is 17.0 Å². The number of hydrogen-bond donors (Lipinski definition) is 2. The first-order valence-electron chi connectivity index (χ1n) is 6.85. The minimum atomic E-state index is -0.191. The third-order valence-corrected chi connectivity index (χ3v) is 4.26. The van der Waals surface area contributed by atoms with Crippen LogP contribution < -0.4 is 10.6 Å². The Bertz CT molecular complexity index is 486. The molecule has 2 aliphatic heterocycles. The van der Waals surface area contributed by atoms with Gasteiger partial charge in [0.25, 0.3) is 0 Å². The molecule has 108 valence electrons. The number of rotatable bonds is 2. The van der Waals surface area contributed by atoms with E-state index in [1.54, 1.807) is 0 Å². The molecule has 0 aliphatic carbocycles. The number of carbonyl (C=O) groups excluding carboxylic acids is 2. The first kappa shape index (κ1) is 15.2. The molecule has 0 bridgehead atoms. The Hall–Kier alpha value is -1.20. The molecule has 3 rings (SSSR count). The third kappa shape index (κ3) is 2.94. The van der Waals surface area contributed by atoms with E-state index in [4.69, 9.17) is 0 Å². The molecule has 2 amide bonds. The fourth-order valence-corrected chi connectivity index (χ4v) is 3.33. The molecular formula is C15H19BrN2O2.